The van der Waals surface area contributed by atoms with Crippen LogP contribution in [0.4, 0.5) is 11.8 Å². The molecule has 5 rings (SSSR count). The standard InChI is InChI=1S/C24H27ClN6O/c1-16-10-17(2)23(27-12-16)19-11-22(26-14-20(19)25)31-6-4-21-18(15-31)13-28-24(29-21)30-5-3-8-32-9-7-30/h10-14H,3-9,15H2,1-2H3. The summed E-state index contributed by atoms with van der Waals surface area (Å²) in [5.74, 6) is 1.71. The van der Waals surface area contributed by atoms with Gasteiger partial charge in [0, 0.05) is 68.9 Å². The number of aryl methyl sites for hydroxylation is 2. The number of fused-ring (bicyclic) bond motifs is 1. The van der Waals surface area contributed by atoms with Crippen LogP contribution in [0.5, 0.6) is 0 Å². The fraction of sp³-hybridized carbons (Fsp3) is 0.417. The van der Waals surface area contributed by atoms with E-state index in [4.69, 9.17) is 21.3 Å². The fourth-order valence-electron chi connectivity index (χ4n) is 4.38. The number of hydrogen-bond donors (Lipinski definition) is 0. The highest BCUT2D eigenvalue weighted by atomic mass is 35.5. The molecule has 0 saturated carbocycles. The van der Waals surface area contributed by atoms with Crippen molar-refractivity contribution in [3.63, 3.8) is 0 Å². The van der Waals surface area contributed by atoms with E-state index in [1.807, 2.05) is 25.4 Å². The zero-order valence-corrected chi connectivity index (χ0v) is 19.3. The third-order valence-electron chi connectivity index (χ3n) is 6.06. The van der Waals surface area contributed by atoms with Gasteiger partial charge in [-0.1, -0.05) is 17.7 Å². The molecule has 0 N–H and O–H groups in total. The van der Waals surface area contributed by atoms with Crippen LogP contribution in [0, 0.1) is 13.8 Å². The molecular formula is C24H27ClN6O. The predicted molar refractivity (Wildman–Crippen MR) is 126 cm³/mol. The Morgan fingerprint density at radius 3 is 2.72 bits per heavy atom. The first-order valence-corrected chi connectivity index (χ1v) is 11.5. The molecular weight excluding hydrogens is 424 g/mol. The second-order valence-electron chi connectivity index (χ2n) is 8.47. The molecule has 166 valence electrons. The summed E-state index contributed by atoms with van der Waals surface area (Å²) in [6.45, 7) is 9.01. The van der Waals surface area contributed by atoms with Crippen LogP contribution in [-0.2, 0) is 17.7 Å². The first-order valence-electron chi connectivity index (χ1n) is 11.1. The second-order valence-corrected chi connectivity index (χ2v) is 8.87. The van der Waals surface area contributed by atoms with Crippen LogP contribution in [0.25, 0.3) is 11.3 Å². The van der Waals surface area contributed by atoms with E-state index in [1.165, 1.54) is 0 Å². The van der Waals surface area contributed by atoms with Crippen molar-refractivity contribution in [1.82, 2.24) is 19.9 Å². The third-order valence-corrected chi connectivity index (χ3v) is 6.36. The zero-order chi connectivity index (χ0) is 22.1. The molecule has 1 saturated heterocycles. The van der Waals surface area contributed by atoms with Crippen molar-refractivity contribution < 1.29 is 4.74 Å². The summed E-state index contributed by atoms with van der Waals surface area (Å²) in [4.78, 5) is 23.3. The lowest BCUT2D eigenvalue weighted by molar-refractivity contribution is 0.152. The summed E-state index contributed by atoms with van der Waals surface area (Å²) in [6.07, 6.45) is 7.44. The van der Waals surface area contributed by atoms with E-state index in [1.54, 1.807) is 6.20 Å². The van der Waals surface area contributed by atoms with E-state index >= 15 is 0 Å². The molecule has 0 unspecified atom stereocenters. The van der Waals surface area contributed by atoms with Crippen LogP contribution in [-0.4, -0.2) is 52.8 Å². The molecule has 0 radical (unpaired) electrons. The van der Waals surface area contributed by atoms with E-state index in [0.29, 0.717) is 5.02 Å². The zero-order valence-electron chi connectivity index (χ0n) is 18.5. The van der Waals surface area contributed by atoms with Crippen molar-refractivity contribution in [2.75, 3.05) is 42.6 Å². The number of rotatable bonds is 3. The monoisotopic (exact) mass is 450 g/mol. The Kier molecular flexibility index (Phi) is 5.93. The van der Waals surface area contributed by atoms with Crippen molar-refractivity contribution in [3.05, 3.63) is 58.1 Å². The molecule has 32 heavy (non-hydrogen) atoms. The summed E-state index contributed by atoms with van der Waals surface area (Å²) in [5.41, 5.74) is 6.32. The van der Waals surface area contributed by atoms with E-state index in [9.17, 15) is 0 Å². The highest BCUT2D eigenvalue weighted by Gasteiger charge is 2.22. The largest absolute Gasteiger partial charge is 0.380 e. The molecule has 7 nitrogen and oxygen atoms in total. The summed E-state index contributed by atoms with van der Waals surface area (Å²) in [7, 11) is 0. The lowest BCUT2D eigenvalue weighted by Crippen LogP contribution is -2.33. The number of anilines is 2. The van der Waals surface area contributed by atoms with Gasteiger partial charge in [-0.15, -0.1) is 0 Å². The number of ether oxygens (including phenoxy) is 1. The van der Waals surface area contributed by atoms with Crippen molar-refractivity contribution in [3.8, 4) is 11.3 Å². The number of pyridine rings is 2. The Morgan fingerprint density at radius 1 is 0.938 bits per heavy atom. The Morgan fingerprint density at radius 2 is 1.84 bits per heavy atom. The van der Waals surface area contributed by atoms with E-state index < -0.39 is 0 Å². The topological polar surface area (TPSA) is 67.3 Å². The van der Waals surface area contributed by atoms with Crippen molar-refractivity contribution in [1.29, 1.82) is 0 Å². The predicted octanol–water partition coefficient (Wildman–Crippen LogP) is 3.99. The molecule has 0 amide bonds. The normalized spacial score (nSPS) is 16.6. The Bertz CT molecular complexity index is 1130. The summed E-state index contributed by atoms with van der Waals surface area (Å²) >= 11 is 6.51. The average molecular weight is 451 g/mol. The van der Waals surface area contributed by atoms with Gasteiger partial charge in [-0.25, -0.2) is 15.0 Å². The summed E-state index contributed by atoms with van der Waals surface area (Å²) < 4.78 is 5.56. The smallest absolute Gasteiger partial charge is 0.225 e. The maximum absolute atomic E-state index is 6.51. The Hall–Kier alpha value is -2.77. The molecule has 3 aromatic heterocycles. The highest BCUT2D eigenvalue weighted by molar-refractivity contribution is 6.33. The number of nitrogens with zero attached hydrogens (tertiary/aromatic N) is 6. The van der Waals surface area contributed by atoms with Crippen LogP contribution in [0.2, 0.25) is 5.02 Å². The van der Waals surface area contributed by atoms with Crippen LogP contribution in [0.1, 0.15) is 28.8 Å². The van der Waals surface area contributed by atoms with E-state index in [-0.39, 0.29) is 0 Å². The van der Waals surface area contributed by atoms with Crippen LogP contribution >= 0.6 is 11.6 Å². The minimum absolute atomic E-state index is 0.611. The van der Waals surface area contributed by atoms with Gasteiger partial charge in [0.25, 0.3) is 0 Å². The summed E-state index contributed by atoms with van der Waals surface area (Å²) in [5, 5.41) is 0.611. The highest BCUT2D eigenvalue weighted by Crippen LogP contribution is 2.32. The molecule has 0 spiro atoms. The van der Waals surface area contributed by atoms with Gasteiger partial charge < -0.3 is 14.5 Å². The van der Waals surface area contributed by atoms with Gasteiger partial charge in [-0.2, -0.15) is 0 Å². The maximum atomic E-state index is 6.51. The van der Waals surface area contributed by atoms with Gasteiger partial charge >= 0.3 is 0 Å². The molecule has 0 aromatic carbocycles. The Labute approximate surface area is 193 Å². The molecule has 0 aliphatic carbocycles. The Balaban J connectivity index is 1.39. The molecule has 3 aromatic rings. The number of halogens is 1. The first kappa shape index (κ1) is 21.1. The molecule has 2 aliphatic heterocycles. The van der Waals surface area contributed by atoms with Crippen LogP contribution < -0.4 is 9.80 Å². The van der Waals surface area contributed by atoms with Gasteiger partial charge in [0.2, 0.25) is 5.95 Å². The molecule has 0 atom stereocenters. The molecule has 5 heterocycles. The minimum Gasteiger partial charge on any atom is -0.380 e. The van der Waals surface area contributed by atoms with E-state index in [2.05, 4.69) is 37.7 Å². The lowest BCUT2D eigenvalue weighted by atomic mass is 10.0. The van der Waals surface area contributed by atoms with Gasteiger partial charge in [0.15, 0.2) is 0 Å². The minimum atomic E-state index is 0.611. The fourth-order valence-corrected chi connectivity index (χ4v) is 4.57. The van der Waals surface area contributed by atoms with Gasteiger partial charge in [-0.05, 0) is 37.5 Å². The van der Waals surface area contributed by atoms with Crippen LogP contribution in [0.3, 0.4) is 0 Å². The SMILES string of the molecule is Cc1cnc(-c2cc(N3CCc4nc(N5CCCOCC5)ncc4C3)ncc2Cl)c(C)c1. The quantitative estimate of drug-likeness (QED) is 0.597. The van der Waals surface area contributed by atoms with E-state index in [0.717, 1.165) is 97.6 Å². The van der Waals surface area contributed by atoms with Gasteiger partial charge in [-0.3, -0.25) is 4.98 Å². The van der Waals surface area contributed by atoms with Gasteiger partial charge in [0.1, 0.15) is 5.82 Å². The van der Waals surface area contributed by atoms with Crippen molar-refractivity contribution in [2.24, 2.45) is 0 Å². The molecule has 8 heteroatoms. The maximum Gasteiger partial charge on any atom is 0.225 e. The van der Waals surface area contributed by atoms with Crippen molar-refractivity contribution in [2.45, 2.75) is 33.2 Å². The van der Waals surface area contributed by atoms with Gasteiger partial charge in [0.05, 0.1) is 23.0 Å². The van der Waals surface area contributed by atoms with Crippen LogP contribution in [0.15, 0.2) is 30.7 Å². The van der Waals surface area contributed by atoms with Crippen molar-refractivity contribution >= 4 is 23.4 Å². The summed E-state index contributed by atoms with van der Waals surface area (Å²) in [6, 6.07) is 4.17. The third kappa shape index (κ3) is 4.27. The number of hydrogen-bond acceptors (Lipinski definition) is 7. The molecule has 0 bridgehead atoms. The molecule has 1 fully saturated rings. The molecule has 2 aliphatic rings. The lowest BCUT2D eigenvalue weighted by Gasteiger charge is -2.30. The first-order chi connectivity index (χ1) is 15.6. The average Bonchev–Trinajstić information content (AvgIpc) is 3.09. The second kappa shape index (κ2) is 9.00. The number of aromatic nitrogens is 4.